The molecule has 1 heterocycles. The lowest BCUT2D eigenvalue weighted by Crippen LogP contribution is -2.40. The maximum absolute atomic E-state index is 12.8. The summed E-state index contributed by atoms with van der Waals surface area (Å²) >= 11 is 0. The number of benzene rings is 2. The van der Waals surface area contributed by atoms with E-state index in [0.717, 1.165) is 18.4 Å². The second-order valence-electron chi connectivity index (χ2n) is 7.11. The lowest BCUT2D eigenvalue weighted by atomic mass is 9.89. The lowest BCUT2D eigenvalue weighted by Gasteiger charge is -2.33. The number of likely N-dealkylation sites (tertiary alicyclic amines) is 1. The third-order valence-electron chi connectivity index (χ3n) is 5.17. The Hall–Kier alpha value is -2.82. The largest absolute Gasteiger partial charge is 0.508 e. The summed E-state index contributed by atoms with van der Waals surface area (Å²) in [6.07, 6.45) is 2.09. The summed E-state index contributed by atoms with van der Waals surface area (Å²) in [6, 6.07) is 16.7. The zero-order valence-corrected chi connectivity index (χ0v) is 15.6. The first kappa shape index (κ1) is 19.0. The van der Waals surface area contributed by atoms with Crippen LogP contribution in [-0.2, 0) is 9.59 Å². The highest BCUT2D eigenvalue weighted by Crippen LogP contribution is 2.30. The van der Waals surface area contributed by atoms with Gasteiger partial charge in [-0.05, 0) is 42.0 Å². The van der Waals surface area contributed by atoms with Gasteiger partial charge in [0.1, 0.15) is 5.75 Å². The van der Waals surface area contributed by atoms with Crippen molar-refractivity contribution in [3.05, 3.63) is 65.7 Å². The minimum Gasteiger partial charge on any atom is -0.508 e. The summed E-state index contributed by atoms with van der Waals surface area (Å²) < 4.78 is 0. The molecule has 1 saturated heterocycles. The smallest absolute Gasteiger partial charge is 0.224 e. The number of nitrogens with zero attached hydrogens (tertiary/aromatic N) is 1. The van der Waals surface area contributed by atoms with E-state index in [4.69, 9.17) is 0 Å². The van der Waals surface area contributed by atoms with E-state index in [1.54, 1.807) is 12.1 Å². The molecular weight excluding hydrogens is 340 g/mol. The van der Waals surface area contributed by atoms with E-state index >= 15 is 0 Å². The normalized spacial score (nSPS) is 16.0. The predicted octanol–water partition coefficient (Wildman–Crippen LogP) is 3.37. The molecule has 3 rings (SSSR count). The van der Waals surface area contributed by atoms with Crippen molar-refractivity contribution < 1.29 is 14.7 Å². The molecule has 0 aliphatic carbocycles. The van der Waals surface area contributed by atoms with Crippen LogP contribution in [0.5, 0.6) is 5.75 Å². The van der Waals surface area contributed by atoms with Crippen molar-refractivity contribution in [1.82, 2.24) is 10.2 Å². The number of hydrogen-bond acceptors (Lipinski definition) is 3. The Morgan fingerprint density at radius 3 is 2.30 bits per heavy atom. The highest BCUT2D eigenvalue weighted by molar-refractivity contribution is 5.79. The van der Waals surface area contributed by atoms with Crippen LogP contribution in [0.2, 0.25) is 0 Å². The first-order valence-corrected chi connectivity index (χ1v) is 9.41. The molecule has 5 nitrogen and oxygen atoms in total. The Bertz CT molecular complexity index is 766. The molecule has 2 aromatic carbocycles. The molecule has 0 radical (unpaired) electrons. The molecule has 0 bridgehead atoms. The second kappa shape index (κ2) is 8.71. The third kappa shape index (κ3) is 5.09. The minimum atomic E-state index is -0.300. The molecule has 0 spiro atoms. The van der Waals surface area contributed by atoms with Crippen LogP contribution < -0.4 is 5.32 Å². The van der Waals surface area contributed by atoms with Gasteiger partial charge in [0, 0.05) is 20.0 Å². The fourth-order valence-electron chi connectivity index (χ4n) is 3.70. The summed E-state index contributed by atoms with van der Waals surface area (Å²) in [7, 11) is 0. The topological polar surface area (TPSA) is 69.6 Å². The Morgan fingerprint density at radius 1 is 1.07 bits per heavy atom. The van der Waals surface area contributed by atoms with Crippen LogP contribution in [0.3, 0.4) is 0 Å². The standard InChI is InChI=1S/C22H26N2O3/c1-16(25)23-21(19-5-3-2-4-6-19)15-22(27)24-13-11-18(12-14-24)17-7-9-20(26)10-8-17/h2-10,18,21,26H,11-15H2,1H3,(H,23,25). The fourth-order valence-corrected chi connectivity index (χ4v) is 3.70. The van der Waals surface area contributed by atoms with E-state index in [-0.39, 0.29) is 30.0 Å². The number of carbonyl (C=O) groups excluding carboxylic acids is 2. The van der Waals surface area contributed by atoms with Crippen molar-refractivity contribution in [3.8, 4) is 5.75 Å². The summed E-state index contributed by atoms with van der Waals surface area (Å²) in [5, 5.41) is 12.3. The van der Waals surface area contributed by atoms with Crippen molar-refractivity contribution in [2.45, 2.75) is 38.1 Å². The average molecular weight is 366 g/mol. The van der Waals surface area contributed by atoms with Crippen LogP contribution in [-0.4, -0.2) is 34.9 Å². The number of nitrogens with one attached hydrogen (secondary N) is 1. The number of rotatable bonds is 5. The zero-order valence-electron chi connectivity index (χ0n) is 15.6. The number of phenols is 1. The lowest BCUT2D eigenvalue weighted by molar-refractivity contribution is -0.133. The molecule has 142 valence electrons. The quantitative estimate of drug-likeness (QED) is 0.852. The van der Waals surface area contributed by atoms with Crippen LogP contribution in [0.25, 0.3) is 0 Å². The van der Waals surface area contributed by atoms with E-state index in [1.807, 2.05) is 47.4 Å². The predicted molar refractivity (Wildman–Crippen MR) is 104 cm³/mol. The number of carbonyl (C=O) groups is 2. The molecule has 1 atom stereocenters. The van der Waals surface area contributed by atoms with Crippen LogP contribution in [0.1, 0.15) is 49.3 Å². The SMILES string of the molecule is CC(=O)NC(CC(=O)N1CCC(c2ccc(O)cc2)CC1)c1ccccc1. The molecule has 2 amide bonds. The van der Waals surface area contributed by atoms with Gasteiger partial charge in [-0.15, -0.1) is 0 Å². The van der Waals surface area contributed by atoms with Gasteiger partial charge in [0.2, 0.25) is 11.8 Å². The van der Waals surface area contributed by atoms with E-state index in [1.165, 1.54) is 12.5 Å². The summed E-state index contributed by atoms with van der Waals surface area (Å²) in [4.78, 5) is 26.2. The molecule has 1 aliphatic heterocycles. The number of piperidine rings is 1. The van der Waals surface area contributed by atoms with Crippen LogP contribution >= 0.6 is 0 Å². The maximum atomic E-state index is 12.8. The van der Waals surface area contributed by atoms with Crippen LogP contribution in [0.15, 0.2) is 54.6 Å². The minimum absolute atomic E-state index is 0.0711. The number of amides is 2. The first-order valence-electron chi connectivity index (χ1n) is 9.41. The number of hydrogen-bond donors (Lipinski definition) is 2. The van der Waals surface area contributed by atoms with Crippen LogP contribution in [0, 0.1) is 0 Å². The van der Waals surface area contributed by atoms with Gasteiger partial charge in [0.25, 0.3) is 0 Å². The molecule has 2 aromatic rings. The van der Waals surface area contributed by atoms with Crippen molar-refractivity contribution >= 4 is 11.8 Å². The molecule has 1 fully saturated rings. The van der Waals surface area contributed by atoms with Crippen LogP contribution in [0.4, 0.5) is 0 Å². The fraction of sp³-hybridized carbons (Fsp3) is 0.364. The Labute approximate surface area is 160 Å². The molecule has 27 heavy (non-hydrogen) atoms. The third-order valence-corrected chi connectivity index (χ3v) is 5.17. The molecule has 0 aromatic heterocycles. The molecule has 0 saturated carbocycles. The Balaban J connectivity index is 1.59. The highest BCUT2D eigenvalue weighted by Gasteiger charge is 2.26. The molecule has 1 aliphatic rings. The number of phenolic OH excluding ortho intramolecular Hbond substituents is 1. The van der Waals surface area contributed by atoms with Gasteiger partial charge >= 0.3 is 0 Å². The van der Waals surface area contributed by atoms with Gasteiger partial charge in [-0.2, -0.15) is 0 Å². The summed E-state index contributed by atoms with van der Waals surface area (Å²) in [5.41, 5.74) is 2.15. The van der Waals surface area contributed by atoms with E-state index < -0.39 is 0 Å². The van der Waals surface area contributed by atoms with Crippen molar-refractivity contribution in [2.24, 2.45) is 0 Å². The van der Waals surface area contributed by atoms with Gasteiger partial charge in [-0.25, -0.2) is 0 Å². The molecular formula is C22H26N2O3. The van der Waals surface area contributed by atoms with Crippen molar-refractivity contribution in [3.63, 3.8) is 0 Å². The van der Waals surface area contributed by atoms with Gasteiger partial charge in [-0.1, -0.05) is 42.5 Å². The van der Waals surface area contributed by atoms with Crippen molar-refractivity contribution in [2.75, 3.05) is 13.1 Å². The van der Waals surface area contributed by atoms with E-state index in [9.17, 15) is 14.7 Å². The van der Waals surface area contributed by atoms with Gasteiger partial charge in [-0.3, -0.25) is 9.59 Å². The average Bonchev–Trinajstić information content (AvgIpc) is 2.68. The number of aromatic hydroxyl groups is 1. The van der Waals surface area contributed by atoms with E-state index in [0.29, 0.717) is 19.0 Å². The van der Waals surface area contributed by atoms with E-state index in [2.05, 4.69) is 5.32 Å². The zero-order chi connectivity index (χ0) is 19.2. The molecule has 1 unspecified atom stereocenters. The Kier molecular flexibility index (Phi) is 6.12. The molecule has 5 heteroatoms. The molecule has 2 N–H and O–H groups in total. The second-order valence-corrected chi connectivity index (χ2v) is 7.11. The summed E-state index contributed by atoms with van der Waals surface area (Å²) in [5.74, 6) is 0.621. The summed E-state index contributed by atoms with van der Waals surface area (Å²) in [6.45, 7) is 2.90. The van der Waals surface area contributed by atoms with Gasteiger partial charge < -0.3 is 15.3 Å². The highest BCUT2D eigenvalue weighted by atomic mass is 16.3. The van der Waals surface area contributed by atoms with Gasteiger partial charge in [0.05, 0.1) is 12.5 Å². The maximum Gasteiger partial charge on any atom is 0.224 e. The van der Waals surface area contributed by atoms with Crippen molar-refractivity contribution in [1.29, 1.82) is 0 Å². The Morgan fingerprint density at radius 2 is 1.70 bits per heavy atom. The van der Waals surface area contributed by atoms with Gasteiger partial charge in [0.15, 0.2) is 0 Å². The monoisotopic (exact) mass is 366 g/mol. The first-order chi connectivity index (χ1) is 13.0.